The molecule has 4 heterocycles. The molecule has 2 fully saturated rings. The average Bonchev–Trinajstić information content (AvgIpc) is 3.84. The minimum absolute atomic E-state index is 0.103. The van der Waals surface area contributed by atoms with Gasteiger partial charge in [-0.15, -0.1) is 22.7 Å². The molecule has 256 valence electrons. The van der Waals surface area contributed by atoms with Crippen molar-refractivity contribution >= 4 is 65.6 Å². The fraction of sp³-hybridized carbons (Fsp3) is 0.355. The lowest BCUT2D eigenvalue weighted by Gasteiger charge is -2.16. The Hall–Kier alpha value is -3.74. The number of benzene rings is 2. The fourth-order valence-corrected chi connectivity index (χ4v) is 9.43. The van der Waals surface area contributed by atoms with Crippen LogP contribution < -0.4 is 10.2 Å². The Bertz CT molecular complexity index is 1910. The van der Waals surface area contributed by atoms with Gasteiger partial charge in [0.1, 0.15) is 27.6 Å². The summed E-state index contributed by atoms with van der Waals surface area (Å²) in [5.41, 5.74) is 1.36. The molecule has 0 radical (unpaired) electrons. The lowest BCUT2D eigenvalue weighted by atomic mass is 10.2. The number of ether oxygens (including phenoxy) is 2. The monoisotopic (exact) mass is 734 g/mol. The summed E-state index contributed by atoms with van der Waals surface area (Å²) in [5.74, 6) is -1.83. The third kappa shape index (κ3) is 9.03. The topological polar surface area (TPSA) is 182 Å². The van der Waals surface area contributed by atoms with Crippen molar-refractivity contribution in [1.82, 2.24) is 9.97 Å². The second kappa shape index (κ2) is 14.8. The first-order valence-corrected chi connectivity index (χ1v) is 19.9. The molecule has 17 heteroatoms. The quantitative estimate of drug-likeness (QED) is 0.213. The zero-order valence-electron chi connectivity index (χ0n) is 26.0. The molecule has 2 saturated heterocycles. The van der Waals surface area contributed by atoms with E-state index in [0.29, 0.717) is 41.6 Å². The number of nitrogens with one attached hydrogen (secondary N) is 1. The second-order valence-corrected chi connectivity index (χ2v) is 17.3. The van der Waals surface area contributed by atoms with Crippen LogP contribution in [-0.2, 0) is 50.2 Å². The normalized spacial score (nSPS) is 19.1. The Morgan fingerprint density at radius 2 is 1.44 bits per heavy atom. The maximum atomic E-state index is 12.4. The number of esters is 1. The van der Waals surface area contributed by atoms with Gasteiger partial charge in [0.2, 0.25) is 5.79 Å². The number of cyclic esters (lactones) is 1. The predicted molar refractivity (Wildman–Crippen MR) is 180 cm³/mol. The van der Waals surface area contributed by atoms with Crippen LogP contribution >= 0.6 is 22.7 Å². The smallest absolute Gasteiger partial charge is 0.337 e. The van der Waals surface area contributed by atoms with Gasteiger partial charge < -0.3 is 24.8 Å². The summed E-state index contributed by atoms with van der Waals surface area (Å²) in [5, 5.41) is 17.2. The predicted octanol–water partition coefficient (Wildman–Crippen LogP) is 3.81. The molecular formula is C31H34N4O9S4. The van der Waals surface area contributed by atoms with Crippen LogP contribution in [-0.4, -0.2) is 74.9 Å². The number of rotatable bonds is 11. The molecule has 0 spiro atoms. The minimum Gasteiger partial charge on any atom is -0.432 e. The number of carbonyl (C=O) groups excluding carboxylic acids is 2. The van der Waals surface area contributed by atoms with Crippen molar-refractivity contribution in [2.24, 2.45) is 0 Å². The van der Waals surface area contributed by atoms with E-state index in [1.54, 1.807) is 73.4 Å². The summed E-state index contributed by atoms with van der Waals surface area (Å²) >= 11 is 2.62. The molecule has 2 aromatic carbocycles. The number of thiazole rings is 2. The van der Waals surface area contributed by atoms with E-state index in [1.807, 2.05) is 0 Å². The van der Waals surface area contributed by atoms with Gasteiger partial charge in [-0.05, 0) is 48.5 Å². The Labute approximate surface area is 286 Å². The minimum atomic E-state index is -3.45. The number of aromatic nitrogens is 2. The first kappa shape index (κ1) is 35.6. The average molecular weight is 735 g/mol. The third-order valence-electron chi connectivity index (χ3n) is 7.26. The molecule has 6 rings (SSSR count). The summed E-state index contributed by atoms with van der Waals surface area (Å²) in [4.78, 5) is 33.3. The van der Waals surface area contributed by atoms with Crippen LogP contribution in [0, 0.1) is 0 Å². The van der Waals surface area contributed by atoms with E-state index in [2.05, 4.69) is 15.3 Å². The SMILES string of the molecule is CC1(C)OC(=O)[C@@H](CCNc2ccc(S(=O)(=O)Cc3nccs3)cc2)O1.O=C1[C@H](O)CCN1c1ccc(S(=O)(=O)Cc2nccs2)cc1. The number of hydrogen-bond acceptors (Lipinski definition) is 14. The number of aliphatic hydroxyl groups is 1. The first-order valence-electron chi connectivity index (χ1n) is 14.8. The number of carbonyl (C=O) groups is 2. The molecule has 48 heavy (non-hydrogen) atoms. The van der Waals surface area contributed by atoms with E-state index in [-0.39, 0.29) is 33.2 Å². The van der Waals surface area contributed by atoms with Crippen LogP contribution in [0.2, 0.25) is 0 Å². The number of nitrogens with zero attached hydrogens (tertiary/aromatic N) is 3. The van der Waals surface area contributed by atoms with Crippen molar-refractivity contribution in [1.29, 1.82) is 0 Å². The Morgan fingerprint density at radius 3 is 1.88 bits per heavy atom. The van der Waals surface area contributed by atoms with Crippen molar-refractivity contribution in [2.45, 2.75) is 66.0 Å². The van der Waals surface area contributed by atoms with Crippen LogP contribution in [0.4, 0.5) is 11.4 Å². The van der Waals surface area contributed by atoms with E-state index in [9.17, 15) is 31.5 Å². The summed E-state index contributed by atoms with van der Waals surface area (Å²) in [7, 11) is -6.87. The third-order valence-corrected chi connectivity index (χ3v) is 12.5. The molecule has 2 N–H and O–H groups in total. The molecule has 2 aliphatic rings. The highest BCUT2D eigenvalue weighted by atomic mass is 32.2. The van der Waals surface area contributed by atoms with Crippen molar-refractivity contribution in [3.05, 3.63) is 81.7 Å². The maximum absolute atomic E-state index is 12.4. The molecule has 0 saturated carbocycles. The molecule has 0 unspecified atom stereocenters. The van der Waals surface area contributed by atoms with Gasteiger partial charge in [0.15, 0.2) is 25.8 Å². The van der Waals surface area contributed by atoms with Crippen molar-refractivity contribution < 1.29 is 41.0 Å². The summed E-state index contributed by atoms with van der Waals surface area (Å²) < 4.78 is 60.0. The van der Waals surface area contributed by atoms with Gasteiger partial charge in [-0.25, -0.2) is 31.6 Å². The van der Waals surface area contributed by atoms with Gasteiger partial charge >= 0.3 is 5.97 Å². The van der Waals surface area contributed by atoms with Gasteiger partial charge in [-0.1, -0.05) is 0 Å². The molecule has 0 aliphatic carbocycles. The van der Waals surface area contributed by atoms with Gasteiger partial charge in [-0.2, -0.15) is 0 Å². The van der Waals surface area contributed by atoms with Crippen LogP contribution in [0.5, 0.6) is 0 Å². The highest BCUT2D eigenvalue weighted by molar-refractivity contribution is 7.91. The van der Waals surface area contributed by atoms with Crippen LogP contribution in [0.15, 0.2) is 81.5 Å². The van der Waals surface area contributed by atoms with E-state index in [1.165, 1.54) is 39.7 Å². The number of aliphatic hydroxyl groups excluding tert-OH is 1. The molecular weight excluding hydrogens is 701 g/mol. The fourth-order valence-electron chi connectivity index (χ4n) is 4.92. The van der Waals surface area contributed by atoms with E-state index >= 15 is 0 Å². The highest BCUT2D eigenvalue weighted by Gasteiger charge is 2.40. The van der Waals surface area contributed by atoms with Gasteiger partial charge in [0, 0.05) is 74.3 Å². The maximum Gasteiger partial charge on any atom is 0.337 e. The van der Waals surface area contributed by atoms with Crippen LogP contribution in [0.3, 0.4) is 0 Å². The second-order valence-electron chi connectivity index (χ2n) is 11.3. The zero-order valence-corrected chi connectivity index (χ0v) is 29.3. The number of sulfone groups is 2. The summed E-state index contributed by atoms with van der Waals surface area (Å²) in [6.45, 7) is 4.33. The largest absolute Gasteiger partial charge is 0.432 e. The Kier molecular flexibility index (Phi) is 11.0. The number of anilines is 2. The molecule has 2 aromatic heterocycles. The van der Waals surface area contributed by atoms with Crippen LogP contribution in [0.1, 0.15) is 36.7 Å². The standard InChI is InChI=1S/C17H20N2O5S2.C14H14N2O4S2/c1-17(2)23-14(16(20)24-17)7-8-18-12-3-5-13(6-4-12)26(21,22)11-15-19-9-10-25-15;17-12-5-7-16(14(12)18)10-1-3-11(4-2-10)22(19,20)9-13-15-6-8-21-13/h3-6,9-10,14,18H,7-8,11H2,1-2H3;1-4,6,8,12,17H,5,7,9H2/t14-;12-/m11/s1. The lowest BCUT2D eigenvalue weighted by Crippen LogP contribution is -2.29. The van der Waals surface area contributed by atoms with Gasteiger partial charge in [0.25, 0.3) is 5.91 Å². The van der Waals surface area contributed by atoms with Gasteiger partial charge in [0.05, 0.1) is 9.79 Å². The molecule has 2 aliphatic heterocycles. The molecule has 4 aromatic rings. The van der Waals surface area contributed by atoms with E-state index in [0.717, 1.165) is 5.69 Å². The Balaban J connectivity index is 0.000000190. The Morgan fingerprint density at radius 1 is 0.896 bits per heavy atom. The highest BCUT2D eigenvalue weighted by Crippen LogP contribution is 2.27. The van der Waals surface area contributed by atoms with E-state index in [4.69, 9.17) is 9.47 Å². The summed E-state index contributed by atoms with van der Waals surface area (Å²) in [6.07, 6.45) is 2.47. The van der Waals surface area contributed by atoms with Crippen molar-refractivity contribution in [3.63, 3.8) is 0 Å². The molecule has 1 amide bonds. The first-order chi connectivity index (χ1) is 22.7. The number of amides is 1. The number of hydrogen-bond donors (Lipinski definition) is 2. The molecule has 0 bridgehead atoms. The summed E-state index contributed by atoms with van der Waals surface area (Å²) in [6, 6.07) is 12.7. The van der Waals surface area contributed by atoms with Gasteiger partial charge in [-0.3, -0.25) is 4.79 Å². The molecule has 13 nitrogen and oxygen atoms in total. The van der Waals surface area contributed by atoms with Crippen LogP contribution in [0.25, 0.3) is 0 Å². The van der Waals surface area contributed by atoms with Crippen molar-refractivity contribution in [2.75, 3.05) is 23.3 Å². The van der Waals surface area contributed by atoms with Crippen molar-refractivity contribution in [3.8, 4) is 0 Å². The lowest BCUT2D eigenvalue weighted by molar-refractivity contribution is -0.160. The molecule has 2 atom stereocenters. The van der Waals surface area contributed by atoms with E-state index < -0.39 is 37.7 Å². The zero-order chi connectivity index (χ0) is 34.5.